The molecular formula is C16H26N2O4. The van der Waals surface area contributed by atoms with E-state index in [1.165, 1.54) is 0 Å². The molecule has 1 N–H and O–H groups in total. The van der Waals surface area contributed by atoms with Crippen molar-refractivity contribution in [2.45, 2.75) is 56.9 Å². The summed E-state index contributed by atoms with van der Waals surface area (Å²) in [5, 5.41) is 3.03. The summed E-state index contributed by atoms with van der Waals surface area (Å²) < 4.78 is 11.4. The number of methoxy groups -OCH3 is 2. The smallest absolute Gasteiger partial charge is 0.230 e. The Hall–Kier alpha value is -1.14. The molecule has 6 fully saturated rings. The minimum absolute atomic E-state index is 0.0383. The largest absolute Gasteiger partial charge is 0.352 e. The van der Waals surface area contributed by atoms with Crippen LogP contribution in [0.5, 0.6) is 0 Å². The molecule has 4 atom stereocenters. The molecule has 6 rings (SSSR count). The van der Waals surface area contributed by atoms with Crippen LogP contribution < -0.4 is 5.32 Å². The summed E-state index contributed by atoms with van der Waals surface area (Å²) in [5.41, 5.74) is 0. The van der Waals surface area contributed by atoms with Crippen molar-refractivity contribution in [1.82, 2.24) is 10.2 Å². The Labute approximate surface area is 131 Å². The third-order valence-corrected chi connectivity index (χ3v) is 5.68. The molecule has 0 aromatic rings. The summed E-state index contributed by atoms with van der Waals surface area (Å²) in [6.07, 6.45) is 4.23. The molecule has 0 aromatic carbocycles. The minimum Gasteiger partial charge on any atom is -0.352 e. The maximum absolute atomic E-state index is 12.8. The highest BCUT2D eigenvalue weighted by Gasteiger charge is 2.61. The van der Waals surface area contributed by atoms with E-state index in [1.807, 2.05) is 4.90 Å². The van der Waals surface area contributed by atoms with Gasteiger partial charge in [0, 0.05) is 39.3 Å². The quantitative estimate of drug-likeness (QED) is 0.766. The molecule has 5 heterocycles. The lowest BCUT2D eigenvalue weighted by molar-refractivity contribution is -0.270. The van der Waals surface area contributed by atoms with Crippen LogP contribution in [0.2, 0.25) is 0 Å². The second-order valence-electron chi connectivity index (χ2n) is 6.65. The topological polar surface area (TPSA) is 67.9 Å². The SMILES string of the molecule is CCCCN1C(=O)[C@@H]2CC[C@H]1[C@H]1C(=O)N[C@@H]2CC1(OC)OC. The van der Waals surface area contributed by atoms with Crippen LogP contribution in [0.25, 0.3) is 0 Å². The van der Waals surface area contributed by atoms with Gasteiger partial charge >= 0.3 is 0 Å². The second-order valence-corrected chi connectivity index (χ2v) is 6.65. The number of nitrogens with one attached hydrogen (secondary N) is 1. The fourth-order valence-corrected chi connectivity index (χ4v) is 4.50. The van der Waals surface area contributed by atoms with E-state index >= 15 is 0 Å². The molecule has 1 saturated carbocycles. The summed E-state index contributed by atoms with van der Waals surface area (Å²) in [4.78, 5) is 27.4. The van der Waals surface area contributed by atoms with Crippen molar-refractivity contribution < 1.29 is 19.1 Å². The molecule has 0 spiro atoms. The van der Waals surface area contributed by atoms with Gasteiger partial charge in [0.15, 0.2) is 5.79 Å². The van der Waals surface area contributed by atoms with Crippen LogP contribution in [0, 0.1) is 11.8 Å². The molecule has 2 amide bonds. The van der Waals surface area contributed by atoms with E-state index in [-0.39, 0.29) is 29.8 Å². The van der Waals surface area contributed by atoms with Crippen LogP contribution >= 0.6 is 0 Å². The summed E-state index contributed by atoms with van der Waals surface area (Å²) in [6, 6.07) is -0.321. The van der Waals surface area contributed by atoms with Crippen molar-refractivity contribution in [2.24, 2.45) is 11.8 Å². The molecule has 6 aliphatic rings. The van der Waals surface area contributed by atoms with Gasteiger partial charge in [-0.25, -0.2) is 0 Å². The average molecular weight is 310 g/mol. The first-order valence-corrected chi connectivity index (χ1v) is 8.29. The van der Waals surface area contributed by atoms with E-state index < -0.39 is 11.7 Å². The molecule has 0 radical (unpaired) electrons. The van der Waals surface area contributed by atoms with Crippen molar-refractivity contribution in [3.05, 3.63) is 0 Å². The molecule has 0 unspecified atom stereocenters. The highest BCUT2D eigenvalue weighted by atomic mass is 16.7. The Morgan fingerprint density at radius 2 is 2.00 bits per heavy atom. The lowest BCUT2D eigenvalue weighted by atomic mass is 9.68. The number of carbonyl (C=O) groups excluding carboxylic acids is 2. The molecular weight excluding hydrogens is 284 g/mol. The summed E-state index contributed by atoms with van der Waals surface area (Å²) in [5.74, 6) is -1.37. The zero-order valence-corrected chi connectivity index (χ0v) is 13.6. The molecule has 6 nitrogen and oxygen atoms in total. The zero-order chi connectivity index (χ0) is 15.9. The maximum atomic E-state index is 12.8. The predicted octanol–water partition coefficient (Wildman–Crippen LogP) is 0.901. The highest BCUT2D eigenvalue weighted by molar-refractivity contribution is 5.88. The van der Waals surface area contributed by atoms with Gasteiger partial charge in [-0.1, -0.05) is 13.3 Å². The molecule has 4 bridgehead atoms. The van der Waals surface area contributed by atoms with Crippen LogP contribution in [-0.2, 0) is 19.1 Å². The standard InChI is InChI=1S/C16H26N2O4/c1-4-5-8-18-12-7-6-10(15(18)20)11-9-16(21-2,22-3)13(12)14(19)17-11/h10-13H,4-9H2,1-3H3,(H,17,19)/t10-,11-,12+,13+/m1/s1. The Morgan fingerprint density at radius 3 is 2.64 bits per heavy atom. The number of ether oxygens (including phenoxy) is 2. The van der Waals surface area contributed by atoms with Crippen molar-refractivity contribution >= 4 is 11.8 Å². The van der Waals surface area contributed by atoms with E-state index in [1.54, 1.807) is 14.2 Å². The normalized spacial score (nSPS) is 36.2. The Balaban J connectivity index is 2.02. The maximum Gasteiger partial charge on any atom is 0.230 e. The Bertz CT molecular complexity index is 463. The van der Waals surface area contributed by atoms with Gasteiger partial charge in [-0.3, -0.25) is 9.59 Å². The monoisotopic (exact) mass is 310 g/mol. The second kappa shape index (κ2) is 5.81. The van der Waals surface area contributed by atoms with E-state index in [9.17, 15) is 9.59 Å². The number of unbranched alkanes of at least 4 members (excludes halogenated alkanes) is 1. The van der Waals surface area contributed by atoms with Crippen molar-refractivity contribution in [3.8, 4) is 0 Å². The van der Waals surface area contributed by atoms with E-state index in [4.69, 9.17) is 9.47 Å². The lowest BCUT2D eigenvalue weighted by Crippen LogP contribution is -2.73. The number of nitrogens with zero attached hydrogens (tertiary/aromatic N) is 1. The van der Waals surface area contributed by atoms with E-state index in [0.29, 0.717) is 6.42 Å². The van der Waals surface area contributed by atoms with Gasteiger partial charge in [-0.05, 0) is 19.3 Å². The zero-order valence-electron chi connectivity index (χ0n) is 13.6. The molecule has 0 aromatic heterocycles. The lowest BCUT2D eigenvalue weighted by Gasteiger charge is -2.56. The number of carbonyl (C=O) groups is 2. The Morgan fingerprint density at radius 1 is 1.27 bits per heavy atom. The van der Waals surface area contributed by atoms with Gasteiger partial charge in [0.25, 0.3) is 0 Å². The molecule has 124 valence electrons. The molecule has 5 aliphatic heterocycles. The molecule has 5 saturated heterocycles. The van der Waals surface area contributed by atoms with E-state index in [2.05, 4.69) is 12.2 Å². The number of hydrogen-bond acceptors (Lipinski definition) is 4. The number of hydrogen-bond donors (Lipinski definition) is 1. The third-order valence-electron chi connectivity index (χ3n) is 5.68. The van der Waals surface area contributed by atoms with Gasteiger partial charge in [0.05, 0.1) is 5.92 Å². The van der Waals surface area contributed by atoms with Crippen molar-refractivity contribution in [3.63, 3.8) is 0 Å². The van der Waals surface area contributed by atoms with Crippen LogP contribution in [0.1, 0.15) is 39.0 Å². The fourth-order valence-electron chi connectivity index (χ4n) is 4.50. The fraction of sp³-hybridized carbons (Fsp3) is 0.875. The van der Waals surface area contributed by atoms with Crippen LogP contribution in [0.4, 0.5) is 0 Å². The van der Waals surface area contributed by atoms with E-state index in [0.717, 1.165) is 32.2 Å². The van der Waals surface area contributed by atoms with Gasteiger partial charge in [-0.2, -0.15) is 0 Å². The Kier molecular flexibility index (Phi) is 4.16. The number of piperidine rings is 2. The molecule has 1 aliphatic carbocycles. The average Bonchev–Trinajstić information content (AvgIpc) is 2.50. The predicted molar refractivity (Wildman–Crippen MR) is 79.9 cm³/mol. The van der Waals surface area contributed by atoms with Gasteiger partial charge < -0.3 is 19.7 Å². The first kappa shape index (κ1) is 15.7. The third kappa shape index (κ3) is 2.15. The van der Waals surface area contributed by atoms with Crippen LogP contribution in [0.3, 0.4) is 0 Å². The van der Waals surface area contributed by atoms with Crippen molar-refractivity contribution in [2.75, 3.05) is 20.8 Å². The number of amides is 2. The van der Waals surface area contributed by atoms with Gasteiger partial charge in [-0.15, -0.1) is 0 Å². The van der Waals surface area contributed by atoms with Gasteiger partial charge in [0.2, 0.25) is 11.8 Å². The summed E-state index contributed by atoms with van der Waals surface area (Å²) in [6.45, 7) is 2.83. The highest BCUT2D eigenvalue weighted by Crippen LogP contribution is 2.46. The molecule has 6 heteroatoms. The number of rotatable bonds is 5. The minimum atomic E-state index is -0.915. The molecule has 22 heavy (non-hydrogen) atoms. The van der Waals surface area contributed by atoms with Gasteiger partial charge in [0.1, 0.15) is 5.92 Å². The van der Waals surface area contributed by atoms with Crippen LogP contribution in [-0.4, -0.2) is 55.3 Å². The first-order valence-electron chi connectivity index (χ1n) is 8.29. The first-order chi connectivity index (χ1) is 10.6. The van der Waals surface area contributed by atoms with Crippen LogP contribution in [0.15, 0.2) is 0 Å². The van der Waals surface area contributed by atoms with Crippen molar-refractivity contribution in [1.29, 1.82) is 0 Å². The summed E-state index contributed by atoms with van der Waals surface area (Å²) >= 11 is 0. The summed E-state index contributed by atoms with van der Waals surface area (Å²) in [7, 11) is 3.19.